The molecule has 1 aromatic heterocycles. The second-order valence-electron chi connectivity index (χ2n) is 6.37. The molecule has 0 spiro atoms. The molecular formula is C19H25N3OS. The number of rotatable bonds is 4. The van der Waals surface area contributed by atoms with E-state index in [1.54, 1.807) is 11.3 Å². The fraction of sp³-hybridized carbons (Fsp3) is 0.421. The molecule has 3 rings (SSSR count). The van der Waals surface area contributed by atoms with E-state index in [4.69, 9.17) is 0 Å². The fourth-order valence-electron chi connectivity index (χ4n) is 3.16. The van der Waals surface area contributed by atoms with Gasteiger partial charge in [-0.15, -0.1) is 11.3 Å². The highest BCUT2D eigenvalue weighted by molar-refractivity contribution is 7.09. The quantitative estimate of drug-likeness (QED) is 0.920. The van der Waals surface area contributed by atoms with Gasteiger partial charge in [0.1, 0.15) is 0 Å². The minimum absolute atomic E-state index is 0.0304. The van der Waals surface area contributed by atoms with Crippen LogP contribution in [0.3, 0.4) is 0 Å². The molecule has 5 heteroatoms. The maximum absolute atomic E-state index is 12.5. The zero-order chi connectivity index (χ0) is 16.9. The van der Waals surface area contributed by atoms with Gasteiger partial charge >= 0.3 is 6.03 Å². The molecule has 1 unspecified atom stereocenters. The number of carbonyl (C=O) groups excluding carboxylic acids is 1. The van der Waals surface area contributed by atoms with Crippen molar-refractivity contribution in [3.8, 4) is 0 Å². The highest BCUT2D eigenvalue weighted by Gasteiger charge is 2.22. The minimum Gasteiger partial charge on any atom is -0.331 e. The van der Waals surface area contributed by atoms with Crippen molar-refractivity contribution in [3.05, 3.63) is 57.8 Å². The van der Waals surface area contributed by atoms with Crippen LogP contribution in [-0.2, 0) is 6.54 Å². The Balaban J connectivity index is 1.49. The highest BCUT2D eigenvalue weighted by atomic mass is 32.1. The molecule has 24 heavy (non-hydrogen) atoms. The summed E-state index contributed by atoms with van der Waals surface area (Å²) in [6.45, 7) is 8.57. The van der Waals surface area contributed by atoms with Crippen LogP contribution >= 0.6 is 11.3 Å². The first-order valence-electron chi connectivity index (χ1n) is 8.49. The van der Waals surface area contributed by atoms with Crippen molar-refractivity contribution in [2.24, 2.45) is 0 Å². The third kappa shape index (κ3) is 4.16. The predicted molar refractivity (Wildman–Crippen MR) is 99.3 cm³/mol. The number of urea groups is 1. The predicted octanol–water partition coefficient (Wildman–Crippen LogP) is 3.64. The van der Waals surface area contributed by atoms with Crippen LogP contribution in [0.5, 0.6) is 0 Å². The molecule has 2 amide bonds. The number of hydrogen-bond acceptors (Lipinski definition) is 3. The lowest BCUT2D eigenvalue weighted by Gasteiger charge is -2.35. The Morgan fingerprint density at radius 2 is 1.92 bits per heavy atom. The van der Waals surface area contributed by atoms with Gasteiger partial charge in [-0.05, 0) is 36.4 Å². The van der Waals surface area contributed by atoms with Crippen LogP contribution in [0.15, 0.2) is 41.8 Å². The van der Waals surface area contributed by atoms with E-state index in [0.717, 1.165) is 32.7 Å². The van der Waals surface area contributed by atoms with Gasteiger partial charge < -0.3 is 10.2 Å². The van der Waals surface area contributed by atoms with Crippen LogP contribution in [0.1, 0.15) is 29.0 Å². The molecule has 2 aromatic rings. The van der Waals surface area contributed by atoms with Crippen LogP contribution in [-0.4, -0.2) is 42.0 Å². The zero-order valence-electron chi connectivity index (χ0n) is 14.4. The van der Waals surface area contributed by atoms with E-state index in [9.17, 15) is 4.79 Å². The number of carbonyl (C=O) groups is 1. The Labute approximate surface area is 148 Å². The first-order valence-corrected chi connectivity index (χ1v) is 9.37. The van der Waals surface area contributed by atoms with E-state index in [1.807, 2.05) is 24.0 Å². The number of piperazine rings is 1. The Morgan fingerprint density at radius 1 is 1.17 bits per heavy atom. The third-order valence-electron chi connectivity index (χ3n) is 4.61. The van der Waals surface area contributed by atoms with Crippen molar-refractivity contribution in [3.63, 3.8) is 0 Å². The van der Waals surface area contributed by atoms with E-state index >= 15 is 0 Å². The molecule has 0 saturated carbocycles. The summed E-state index contributed by atoms with van der Waals surface area (Å²) < 4.78 is 0. The number of nitrogens with zero attached hydrogens (tertiary/aromatic N) is 2. The van der Waals surface area contributed by atoms with Crippen LogP contribution in [0, 0.1) is 6.92 Å². The molecule has 0 bridgehead atoms. The highest BCUT2D eigenvalue weighted by Crippen LogP contribution is 2.18. The molecule has 128 valence electrons. The molecule has 1 aliphatic rings. The van der Waals surface area contributed by atoms with Gasteiger partial charge in [0.05, 0.1) is 6.04 Å². The number of nitrogens with one attached hydrogen (secondary N) is 1. The van der Waals surface area contributed by atoms with Crippen molar-refractivity contribution in [2.45, 2.75) is 26.4 Å². The molecule has 1 aromatic carbocycles. The molecule has 1 N–H and O–H groups in total. The first kappa shape index (κ1) is 17.0. The summed E-state index contributed by atoms with van der Waals surface area (Å²) in [6.07, 6.45) is 0. The number of aryl methyl sites for hydroxylation is 1. The molecule has 1 saturated heterocycles. The van der Waals surface area contributed by atoms with Crippen LogP contribution in [0.2, 0.25) is 0 Å². The molecule has 1 atom stereocenters. The van der Waals surface area contributed by atoms with E-state index in [-0.39, 0.29) is 12.1 Å². The first-order chi connectivity index (χ1) is 11.6. The number of benzene rings is 1. The zero-order valence-corrected chi connectivity index (χ0v) is 15.2. The average Bonchev–Trinajstić information content (AvgIpc) is 3.08. The summed E-state index contributed by atoms with van der Waals surface area (Å²) in [6, 6.07) is 12.6. The normalized spacial score (nSPS) is 16.8. The van der Waals surface area contributed by atoms with Crippen molar-refractivity contribution in [1.82, 2.24) is 15.1 Å². The van der Waals surface area contributed by atoms with Crippen molar-refractivity contribution >= 4 is 17.4 Å². The summed E-state index contributed by atoms with van der Waals surface area (Å²) in [5, 5.41) is 5.25. The second kappa shape index (κ2) is 7.81. The summed E-state index contributed by atoms with van der Waals surface area (Å²) in [4.78, 5) is 18.3. The Morgan fingerprint density at radius 3 is 2.58 bits per heavy atom. The Bertz CT molecular complexity index is 663. The monoisotopic (exact) mass is 343 g/mol. The maximum Gasteiger partial charge on any atom is 0.317 e. The summed E-state index contributed by atoms with van der Waals surface area (Å²) in [7, 11) is 0. The summed E-state index contributed by atoms with van der Waals surface area (Å²) in [5.41, 5.74) is 2.40. The van der Waals surface area contributed by atoms with Crippen LogP contribution in [0.4, 0.5) is 4.79 Å². The van der Waals surface area contributed by atoms with Gasteiger partial charge in [-0.25, -0.2) is 4.79 Å². The molecule has 1 fully saturated rings. The largest absolute Gasteiger partial charge is 0.331 e. The topological polar surface area (TPSA) is 35.6 Å². The third-order valence-corrected chi connectivity index (χ3v) is 5.48. The number of amides is 2. The lowest BCUT2D eigenvalue weighted by Crippen LogP contribution is -2.51. The number of thiophene rings is 1. The Hall–Kier alpha value is -1.85. The van der Waals surface area contributed by atoms with Gasteiger partial charge in [-0.3, -0.25) is 4.90 Å². The van der Waals surface area contributed by atoms with Gasteiger partial charge in [0.25, 0.3) is 0 Å². The van der Waals surface area contributed by atoms with Crippen molar-refractivity contribution in [1.29, 1.82) is 0 Å². The molecule has 0 radical (unpaired) electrons. The maximum atomic E-state index is 12.5. The molecule has 0 aliphatic carbocycles. The van der Waals surface area contributed by atoms with Crippen LogP contribution in [0.25, 0.3) is 0 Å². The lowest BCUT2D eigenvalue weighted by molar-refractivity contribution is 0.134. The van der Waals surface area contributed by atoms with Gasteiger partial charge in [-0.1, -0.05) is 30.3 Å². The average molecular weight is 343 g/mol. The van der Waals surface area contributed by atoms with Gasteiger partial charge in [0, 0.05) is 37.6 Å². The molecular weight excluding hydrogens is 318 g/mol. The van der Waals surface area contributed by atoms with Crippen molar-refractivity contribution in [2.75, 3.05) is 26.2 Å². The lowest BCUT2D eigenvalue weighted by atomic mass is 10.0. The minimum atomic E-state index is 0.0304. The van der Waals surface area contributed by atoms with E-state index in [2.05, 4.69) is 46.8 Å². The smallest absolute Gasteiger partial charge is 0.317 e. The van der Waals surface area contributed by atoms with Gasteiger partial charge in [0.2, 0.25) is 0 Å². The standard InChI is InChI=1S/C19H25N3OS/c1-15-6-3-4-8-18(15)16(2)20-19(23)22-11-9-21(10-12-22)14-17-7-5-13-24-17/h3-8,13,16H,9-12,14H2,1-2H3,(H,20,23). The van der Waals surface area contributed by atoms with Crippen LogP contribution < -0.4 is 5.32 Å². The summed E-state index contributed by atoms with van der Waals surface area (Å²) in [5.74, 6) is 0. The summed E-state index contributed by atoms with van der Waals surface area (Å²) >= 11 is 1.80. The van der Waals surface area contributed by atoms with E-state index in [1.165, 1.54) is 16.0 Å². The SMILES string of the molecule is Cc1ccccc1C(C)NC(=O)N1CCN(Cc2cccs2)CC1. The molecule has 1 aliphatic heterocycles. The Kier molecular flexibility index (Phi) is 5.53. The second-order valence-corrected chi connectivity index (χ2v) is 7.40. The molecule has 2 heterocycles. The fourth-order valence-corrected chi connectivity index (χ4v) is 3.91. The van der Waals surface area contributed by atoms with Crippen molar-refractivity contribution < 1.29 is 4.79 Å². The van der Waals surface area contributed by atoms with E-state index < -0.39 is 0 Å². The van der Waals surface area contributed by atoms with Gasteiger partial charge in [-0.2, -0.15) is 0 Å². The van der Waals surface area contributed by atoms with E-state index in [0.29, 0.717) is 0 Å². The van der Waals surface area contributed by atoms with Gasteiger partial charge in [0.15, 0.2) is 0 Å². The number of hydrogen-bond donors (Lipinski definition) is 1. The molecule has 4 nitrogen and oxygen atoms in total.